The Hall–Kier alpha value is -1.64. The minimum Gasteiger partial charge on any atom is -0.360 e. The van der Waals surface area contributed by atoms with Crippen LogP contribution in [0, 0.1) is 0 Å². The van der Waals surface area contributed by atoms with Crippen molar-refractivity contribution in [1.82, 2.24) is 0 Å². The van der Waals surface area contributed by atoms with Crippen molar-refractivity contribution in [3.63, 3.8) is 0 Å². The van der Waals surface area contributed by atoms with Crippen LogP contribution in [0.1, 0.15) is 31.9 Å². The minimum absolute atomic E-state index is 0.257. The number of oxime groups is 1. The molecule has 0 bridgehead atoms. The molecule has 8 heteroatoms. The Labute approximate surface area is 137 Å². The van der Waals surface area contributed by atoms with Crippen molar-refractivity contribution in [2.45, 2.75) is 51.2 Å². The third-order valence-corrected chi connectivity index (χ3v) is 3.74. The van der Waals surface area contributed by atoms with Crippen molar-refractivity contribution >= 4 is 5.71 Å². The normalized spacial score (nSPS) is 28.9. The number of nitrogens with zero attached hydrogens (tertiary/aromatic N) is 1. The highest BCUT2D eigenvalue weighted by Crippen LogP contribution is 2.37. The zero-order chi connectivity index (χ0) is 17.5. The summed E-state index contributed by atoms with van der Waals surface area (Å²) in [4.78, 5) is 5.30. The van der Waals surface area contributed by atoms with Crippen molar-refractivity contribution in [2.75, 3.05) is 6.61 Å². The van der Waals surface area contributed by atoms with Crippen LogP contribution in [0.2, 0.25) is 0 Å². The molecule has 0 N–H and O–H groups in total. The Morgan fingerprint density at radius 3 is 2.67 bits per heavy atom. The molecule has 1 fully saturated rings. The van der Waals surface area contributed by atoms with Crippen LogP contribution in [-0.2, 0) is 25.2 Å². The molecule has 0 radical (unpaired) electrons. The average Bonchev–Trinajstić information content (AvgIpc) is 2.82. The summed E-state index contributed by atoms with van der Waals surface area (Å²) in [5.74, 6) is -0.916. The lowest BCUT2D eigenvalue weighted by Gasteiger charge is -2.29. The second-order valence-electron chi connectivity index (χ2n) is 6.00. The standard InChI is InChI=1S/C16H18F3NO4/c1-4-21-14-13-12(22-15(2,3)23-13)11(20-24-14)9-6-5-7-10(8-9)16(17,18)19/h5-8,12-14H,4H2,1-3H3/t12-,13-,14-/m0/s1. The van der Waals surface area contributed by atoms with Crippen LogP contribution in [-0.4, -0.2) is 36.6 Å². The lowest BCUT2D eigenvalue weighted by Crippen LogP contribution is -2.46. The summed E-state index contributed by atoms with van der Waals surface area (Å²) in [5, 5.41) is 3.95. The van der Waals surface area contributed by atoms with E-state index in [-0.39, 0.29) is 11.3 Å². The summed E-state index contributed by atoms with van der Waals surface area (Å²) in [7, 11) is 0. The Morgan fingerprint density at radius 2 is 2.00 bits per heavy atom. The van der Waals surface area contributed by atoms with Crippen molar-refractivity contribution < 1.29 is 32.2 Å². The van der Waals surface area contributed by atoms with Gasteiger partial charge in [-0.2, -0.15) is 13.2 Å². The molecule has 0 unspecified atom stereocenters. The van der Waals surface area contributed by atoms with Gasteiger partial charge in [0.05, 0.1) is 5.56 Å². The zero-order valence-corrected chi connectivity index (χ0v) is 13.5. The second kappa shape index (κ2) is 6.02. The molecule has 0 aromatic heterocycles. The Kier molecular flexibility index (Phi) is 4.31. The maximum absolute atomic E-state index is 12.9. The molecule has 0 amide bonds. The third-order valence-electron chi connectivity index (χ3n) is 3.74. The molecule has 3 atom stereocenters. The van der Waals surface area contributed by atoms with Gasteiger partial charge in [0, 0.05) is 12.2 Å². The van der Waals surface area contributed by atoms with Gasteiger partial charge in [0.15, 0.2) is 11.9 Å². The van der Waals surface area contributed by atoms with E-state index in [9.17, 15) is 13.2 Å². The van der Waals surface area contributed by atoms with Crippen LogP contribution in [0.5, 0.6) is 0 Å². The number of hydrogen-bond donors (Lipinski definition) is 0. The highest BCUT2D eigenvalue weighted by molar-refractivity contribution is 6.04. The SMILES string of the molecule is CCO[C@H]1ON=C(c2cccc(C(F)(F)F)c2)[C@@H]2OC(C)(C)O[C@H]12. The molecule has 1 saturated heterocycles. The first-order valence-electron chi connectivity index (χ1n) is 7.60. The molecule has 1 aromatic rings. The fraction of sp³-hybridized carbons (Fsp3) is 0.562. The fourth-order valence-corrected chi connectivity index (χ4v) is 2.78. The summed E-state index contributed by atoms with van der Waals surface area (Å²) in [6.07, 6.45) is -6.49. The molecule has 2 aliphatic heterocycles. The number of hydrogen-bond acceptors (Lipinski definition) is 5. The molecule has 132 valence electrons. The van der Waals surface area contributed by atoms with E-state index in [1.165, 1.54) is 12.1 Å². The molecule has 1 aromatic carbocycles. The summed E-state index contributed by atoms with van der Waals surface area (Å²) in [6, 6.07) is 4.88. The van der Waals surface area contributed by atoms with Crippen LogP contribution in [0.3, 0.4) is 0 Å². The van der Waals surface area contributed by atoms with Gasteiger partial charge in [-0.05, 0) is 32.9 Å². The van der Waals surface area contributed by atoms with E-state index in [1.807, 2.05) is 0 Å². The number of halogens is 3. The van der Waals surface area contributed by atoms with Crippen molar-refractivity contribution in [3.8, 4) is 0 Å². The molecule has 0 spiro atoms. The Morgan fingerprint density at radius 1 is 1.25 bits per heavy atom. The highest BCUT2D eigenvalue weighted by Gasteiger charge is 2.52. The summed E-state index contributed by atoms with van der Waals surface area (Å²) < 4.78 is 55.9. The van der Waals surface area contributed by atoms with Crippen molar-refractivity contribution in [3.05, 3.63) is 35.4 Å². The molecular formula is C16H18F3NO4. The van der Waals surface area contributed by atoms with Gasteiger partial charge >= 0.3 is 6.18 Å². The van der Waals surface area contributed by atoms with Gasteiger partial charge in [-0.15, -0.1) is 0 Å². The Balaban J connectivity index is 1.96. The fourth-order valence-electron chi connectivity index (χ4n) is 2.78. The number of fused-ring (bicyclic) bond motifs is 1. The summed E-state index contributed by atoms with van der Waals surface area (Å²) >= 11 is 0. The van der Waals surface area contributed by atoms with Crippen LogP contribution in [0.25, 0.3) is 0 Å². The quantitative estimate of drug-likeness (QED) is 0.843. The predicted octanol–water partition coefficient (Wildman–Crippen LogP) is 3.32. The van der Waals surface area contributed by atoms with E-state index in [4.69, 9.17) is 19.0 Å². The van der Waals surface area contributed by atoms with Gasteiger partial charge in [0.2, 0.25) is 0 Å². The van der Waals surface area contributed by atoms with Gasteiger partial charge in [0.25, 0.3) is 6.29 Å². The van der Waals surface area contributed by atoms with E-state index >= 15 is 0 Å². The van der Waals surface area contributed by atoms with Gasteiger partial charge in [-0.25, -0.2) is 0 Å². The number of rotatable bonds is 3. The van der Waals surface area contributed by atoms with Crippen molar-refractivity contribution in [1.29, 1.82) is 0 Å². The van der Waals surface area contributed by atoms with Crippen LogP contribution < -0.4 is 0 Å². The second-order valence-corrected chi connectivity index (χ2v) is 6.00. The third kappa shape index (κ3) is 3.26. The van der Waals surface area contributed by atoms with E-state index in [0.29, 0.717) is 6.61 Å². The average molecular weight is 345 g/mol. The van der Waals surface area contributed by atoms with Crippen molar-refractivity contribution in [2.24, 2.45) is 5.16 Å². The lowest BCUT2D eigenvalue weighted by atomic mass is 9.98. The molecular weight excluding hydrogens is 327 g/mol. The molecule has 2 heterocycles. The predicted molar refractivity (Wildman–Crippen MR) is 78.3 cm³/mol. The monoisotopic (exact) mass is 345 g/mol. The van der Waals surface area contributed by atoms with Crippen LogP contribution in [0.4, 0.5) is 13.2 Å². The molecule has 0 saturated carbocycles. The summed E-state index contributed by atoms with van der Waals surface area (Å²) in [6.45, 7) is 5.62. The van der Waals surface area contributed by atoms with Gasteiger partial charge in [0.1, 0.15) is 11.8 Å². The zero-order valence-electron chi connectivity index (χ0n) is 13.5. The molecule has 5 nitrogen and oxygen atoms in total. The van der Waals surface area contributed by atoms with Crippen LogP contribution in [0.15, 0.2) is 29.4 Å². The molecule has 0 aliphatic carbocycles. The number of benzene rings is 1. The van der Waals surface area contributed by atoms with E-state index in [1.54, 1.807) is 20.8 Å². The maximum atomic E-state index is 12.9. The largest absolute Gasteiger partial charge is 0.416 e. The molecule has 3 rings (SSSR count). The minimum atomic E-state index is -4.44. The number of ether oxygens (including phenoxy) is 3. The van der Waals surface area contributed by atoms with Gasteiger partial charge in [-0.1, -0.05) is 17.3 Å². The highest BCUT2D eigenvalue weighted by atomic mass is 19.4. The Bertz CT molecular complexity index is 644. The maximum Gasteiger partial charge on any atom is 0.416 e. The first-order chi connectivity index (χ1) is 11.2. The lowest BCUT2D eigenvalue weighted by molar-refractivity contribution is -0.221. The molecule has 2 aliphatic rings. The first-order valence-corrected chi connectivity index (χ1v) is 7.60. The first kappa shape index (κ1) is 17.2. The van der Waals surface area contributed by atoms with E-state index in [0.717, 1.165) is 12.1 Å². The van der Waals surface area contributed by atoms with Crippen LogP contribution >= 0.6 is 0 Å². The van der Waals surface area contributed by atoms with E-state index < -0.39 is 36.0 Å². The number of alkyl halides is 3. The van der Waals surface area contributed by atoms with E-state index in [2.05, 4.69) is 5.16 Å². The molecule has 24 heavy (non-hydrogen) atoms. The topological polar surface area (TPSA) is 49.3 Å². The smallest absolute Gasteiger partial charge is 0.360 e. The summed E-state index contributed by atoms with van der Waals surface area (Å²) in [5.41, 5.74) is -0.229. The van der Waals surface area contributed by atoms with Gasteiger partial charge < -0.3 is 19.0 Å². The van der Waals surface area contributed by atoms with Gasteiger partial charge in [-0.3, -0.25) is 0 Å².